The predicted octanol–water partition coefficient (Wildman–Crippen LogP) is 2.52. The van der Waals surface area contributed by atoms with Gasteiger partial charge in [-0.2, -0.15) is 0 Å². The zero-order valence-electron chi connectivity index (χ0n) is 8.20. The van der Waals surface area contributed by atoms with Crippen LogP contribution in [0, 0.1) is 0 Å². The van der Waals surface area contributed by atoms with Crippen molar-refractivity contribution in [1.82, 2.24) is 0 Å². The average molecular weight is 275 g/mol. The van der Waals surface area contributed by atoms with Crippen LogP contribution in [0.5, 0.6) is 5.75 Å². The highest BCUT2D eigenvalue weighted by molar-refractivity contribution is 9.10. The Morgan fingerprint density at radius 2 is 2.27 bits per heavy atom. The molecule has 0 amide bonds. The fourth-order valence-electron chi connectivity index (χ4n) is 0.984. The molecule has 0 aromatic heterocycles. The fourth-order valence-corrected chi connectivity index (χ4v) is 1.34. The van der Waals surface area contributed by atoms with E-state index in [0.717, 1.165) is 0 Å². The third-order valence-electron chi connectivity index (χ3n) is 1.67. The molecule has 1 rings (SSSR count). The molecule has 1 aromatic carbocycles. The zero-order valence-corrected chi connectivity index (χ0v) is 9.78. The van der Waals surface area contributed by atoms with Crippen LogP contribution in [0.4, 0.5) is 0 Å². The van der Waals surface area contributed by atoms with Crippen molar-refractivity contribution >= 4 is 21.9 Å². The molecule has 0 bridgehead atoms. The van der Waals surface area contributed by atoms with E-state index >= 15 is 0 Å². The minimum Gasteiger partial charge on any atom is -0.478 e. The van der Waals surface area contributed by atoms with Crippen LogP contribution in [0.3, 0.4) is 0 Å². The van der Waals surface area contributed by atoms with E-state index in [9.17, 15) is 4.79 Å². The van der Waals surface area contributed by atoms with Gasteiger partial charge < -0.3 is 14.6 Å². The van der Waals surface area contributed by atoms with Gasteiger partial charge in [-0.25, -0.2) is 4.79 Å². The lowest BCUT2D eigenvalue weighted by Crippen LogP contribution is -2.06. The van der Waals surface area contributed by atoms with Crippen LogP contribution in [-0.4, -0.2) is 24.5 Å². The fraction of sp³-hybridized carbons (Fsp3) is 0.300. The second-order valence-corrected chi connectivity index (χ2v) is 3.62. The van der Waals surface area contributed by atoms with E-state index in [0.29, 0.717) is 16.8 Å². The molecular weight excluding hydrogens is 264 g/mol. The number of benzene rings is 1. The minimum atomic E-state index is -1.03. The Bertz CT molecular complexity index is 351. The molecule has 4 nitrogen and oxygen atoms in total. The van der Waals surface area contributed by atoms with Crippen LogP contribution in [0.1, 0.15) is 17.3 Å². The van der Waals surface area contributed by atoms with E-state index < -0.39 is 5.97 Å². The molecule has 0 spiro atoms. The van der Waals surface area contributed by atoms with Crippen LogP contribution >= 0.6 is 15.9 Å². The highest BCUT2D eigenvalue weighted by Gasteiger charge is 2.11. The maximum atomic E-state index is 10.9. The Morgan fingerprint density at radius 3 is 2.87 bits per heavy atom. The number of carboxylic acid groups (broad SMARTS) is 1. The summed E-state index contributed by atoms with van der Waals surface area (Å²) < 4.78 is 10.8. The van der Waals surface area contributed by atoms with E-state index in [1.807, 2.05) is 6.92 Å². The van der Waals surface area contributed by atoms with Gasteiger partial charge >= 0.3 is 5.97 Å². The van der Waals surface area contributed by atoms with Gasteiger partial charge in [0.1, 0.15) is 11.3 Å². The molecular formula is C10H11BrO4. The molecule has 15 heavy (non-hydrogen) atoms. The highest BCUT2D eigenvalue weighted by atomic mass is 79.9. The first-order valence-corrected chi connectivity index (χ1v) is 5.18. The van der Waals surface area contributed by atoms with Gasteiger partial charge in [-0.1, -0.05) is 15.9 Å². The molecule has 1 N–H and O–H groups in total. The van der Waals surface area contributed by atoms with Crippen molar-refractivity contribution in [2.24, 2.45) is 0 Å². The Morgan fingerprint density at radius 1 is 1.53 bits per heavy atom. The molecule has 0 aliphatic carbocycles. The van der Waals surface area contributed by atoms with Gasteiger partial charge in [0.15, 0.2) is 6.79 Å². The Hall–Kier alpha value is -1.07. The molecule has 0 aliphatic heterocycles. The van der Waals surface area contributed by atoms with Crippen molar-refractivity contribution in [1.29, 1.82) is 0 Å². The van der Waals surface area contributed by atoms with E-state index in [4.69, 9.17) is 14.6 Å². The number of halogens is 1. The maximum Gasteiger partial charge on any atom is 0.339 e. The summed E-state index contributed by atoms with van der Waals surface area (Å²) in [6, 6.07) is 4.80. The predicted molar refractivity (Wildman–Crippen MR) is 58.2 cm³/mol. The first-order valence-electron chi connectivity index (χ1n) is 4.38. The van der Waals surface area contributed by atoms with Crippen LogP contribution in [-0.2, 0) is 4.74 Å². The average Bonchev–Trinajstić information content (AvgIpc) is 2.20. The Labute approximate surface area is 95.9 Å². The van der Waals surface area contributed by atoms with Crippen LogP contribution in [0.15, 0.2) is 22.7 Å². The van der Waals surface area contributed by atoms with Gasteiger partial charge in [-0.15, -0.1) is 0 Å². The third kappa shape index (κ3) is 3.53. The number of rotatable bonds is 5. The molecule has 1 aromatic rings. The number of hydrogen-bond donors (Lipinski definition) is 1. The first kappa shape index (κ1) is 12.0. The quantitative estimate of drug-likeness (QED) is 0.662. The maximum absolute atomic E-state index is 10.9. The molecule has 0 heterocycles. The Balaban J connectivity index is 2.81. The van der Waals surface area contributed by atoms with Gasteiger partial charge in [0, 0.05) is 11.1 Å². The molecule has 0 fully saturated rings. The summed E-state index contributed by atoms with van der Waals surface area (Å²) >= 11 is 3.20. The summed E-state index contributed by atoms with van der Waals surface area (Å²) in [7, 11) is 0. The van der Waals surface area contributed by atoms with Crippen LogP contribution in [0.2, 0.25) is 0 Å². The lowest BCUT2D eigenvalue weighted by atomic mass is 10.2. The molecule has 0 radical (unpaired) electrons. The first-order chi connectivity index (χ1) is 7.15. The van der Waals surface area contributed by atoms with Gasteiger partial charge in [-0.3, -0.25) is 0 Å². The Kier molecular flexibility index (Phi) is 4.58. The van der Waals surface area contributed by atoms with Crippen LogP contribution < -0.4 is 4.74 Å². The number of aromatic carboxylic acids is 1. The molecule has 0 atom stereocenters. The normalized spacial score (nSPS) is 10.0. The van der Waals surface area contributed by atoms with E-state index in [1.54, 1.807) is 12.1 Å². The summed E-state index contributed by atoms with van der Waals surface area (Å²) in [5, 5.41) is 8.90. The van der Waals surface area contributed by atoms with Crippen molar-refractivity contribution < 1.29 is 19.4 Å². The van der Waals surface area contributed by atoms with Crippen LogP contribution in [0.25, 0.3) is 0 Å². The van der Waals surface area contributed by atoms with E-state index in [2.05, 4.69) is 15.9 Å². The lowest BCUT2D eigenvalue weighted by molar-refractivity contribution is 0.0213. The molecule has 0 saturated carbocycles. The minimum absolute atomic E-state index is 0.0540. The summed E-state index contributed by atoms with van der Waals surface area (Å²) in [5.74, 6) is -0.720. The summed E-state index contributed by atoms with van der Waals surface area (Å²) in [6.45, 7) is 2.42. The van der Waals surface area contributed by atoms with E-state index in [1.165, 1.54) is 6.07 Å². The summed E-state index contributed by atoms with van der Waals surface area (Å²) in [6.07, 6.45) is 0. The topological polar surface area (TPSA) is 55.8 Å². The summed E-state index contributed by atoms with van der Waals surface area (Å²) in [5.41, 5.74) is 0.115. The molecule has 0 saturated heterocycles. The second-order valence-electron chi connectivity index (χ2n) is 2.70. The van der Waals surface area contributed by atoms with Gasteiger partial charge in [0.2, 0.25) is 0 Å². The van der Waals surface area contributed by atoms with Crippen molar-refractivity contribution in [3.63, 3.8) is 0 Å². The van der Waals surface area contributed by atoms with Gasteiger partial charge in [0.25, 0.3) is 0 Å². The monoisotopic (exact) mass is 274 g/mol. The summed E-state index contributed by atoms with van der Waals surface area (Å²) in [4.78, 5) is 10.9. The van der Waals surface area contributed by atoms with Crippen molar-refractivity contribution in [2.45, 2.75) is 6.92 Å². The highest BCUT2D eigenvalue weighted by Crippen LogP contribution is 2.23. The number of carboxylic acids is 1. The SMILES string of the molecule is CCOCOc1ccc(Br)cc1C(=O)O. The smallest absolute Gasteiger partial charge is 0.339 e. The lowest BCUT2D eigenvalue weighted by Gasteiger charge is -2.08. The van der Waals surface area contributed by atoms with Crippen molar-refractivity contribution in [3.05, 3.63) is 28.2 Å². The third-order valence-corrected chi connectivity index (χ3v) is 2.17. The number of carbonyl (C=O) groups is 1. The van der Waals surface area contributed by atoms with Crippen molar-refractivity contribution in [2.75, 3.05) is 13.4 Å². The van der Waals surface area contributed by atoms with Gasteiger partial charge in [0.05, 0.1) is 0 Å². The van der Waals surface area contributed by atoms with Gasteiger partial charge in [-0.05, 0) is 25.1 Å². The number of hydrogen-bond acceptors (Lipinski definition) is 3. The molecule has 82 valence electrons. The molecule has 0 unspecified atom stereocenters. The van der Waals surface area contributed by atoms with Crippen molar-refractivity contribution in [3.8, 4) is 5.75 Å². The van der Waals surface area contributed by atoms with E-state index in [-0.39, 0.29) is 12.4 Å². The number of ether oxygens (including phenoxy) is 2. The zero-order chi connectivity index (χ0) is 11.3. The molecule has 5 heteroatoms. The molecule has 0 aliphatic rings. The largest absolute Gasteiger partial charge is 0.478 e. The standard InChI is InChI=1S/C10H11BrO4/c1-2-14-6-15-9-4-3-7(11)5-8(9)10(12)13/h3-5H,2,6H2,1H3,(H,12,13). The second kappa shape index (κ2) is 5.72.